The van der Waals surface area contributed by atoms with Gasteiger partial charge >= 0.3 is 6.03 Å². The van der Waals surface area contributed by atoms with Crippen molar-refractivity contribution < 1.29 is 22.7 Å². The zero-order chi connectivity index (χ0) is 24.0. The maximum atomic E-state index is 14.4. The standard InChI is InChI=1S/C23H21F3N6O2/c1-13-28-14(2)31(29-13)18-3-4-20(26)22(10-18)34-19-11-30(12-19)23(33)32-21(5-6-27-32)15-7-16(24)9-17(25)8-15/h3-4,6-10,19,21H,5,11-12H2,1-2H3. The Kier molecular flexibility index (Phi) is 5.46. The van der Waals surface area contributed by atoms with Gasteiger partial charge in [-0.15, -0.1) is 0 Å². The number of carbonyl (C=O) groups is 1. The van der Waals surface area contributed by atoms with Gasteiger partial charge in [0.25, 0.3) is 0 Å². The number of hydrogen-bond acceptors (Lipinski definition) is 5. The molecule has 3 heterocycles. The molecule has 2 aliphatic heterocycles. The third kappa shape index (κ3) is 4.09. The highest BCUT2D eigenvalue weighted by Gasteiger charge is 2.39. The smallest absolute Gasteiger partial charge is 0.341 e. The number of ether oxygens (including phenoxy) is 1. The summed E-state index contributed by atoms with van der Waals surface area (Å²) in [6, 6.07) is 6.58. The molecule has 1 unspecified atom stereocenters. The van der Waals surface area contributed by atoms with Crippen molar-refractivity contribution in [2.24, 2.45) is 5.10 Å². The predicted octanol–water partition coefficient (Wildman–Crippen LogP) is 3.92. The van der Waals surface area contributed by atoms with Crippen LogP contribution >= 0.6 is 0 Å². The van der Waals surface area contributed by atoms with Gasteiger partial charge in [0, 0.05) is 24.8 Å². The first-order valence-electron chi connectivity index (χ1n) is 10.7. The van der Waals surface area contributed by atoms with Crippen molar-refractivity contribution in [2.45, 2.75) is 32.4 Å². The van der Waals surface area contributed by atoms with E-state index >= 15 is 0 Å². The second-order valence-corrected chi connectivity index (χ2v) is 8.26. The molecule has 1 atom stereocenters. The number of hydrazone groups is 1. The molecule has 11 heteroatoms. The van der Waals surface area contributed by atoms with Gasteiger partial charge in [-0.05, 0) is 43.7 Å². The van der Waals surface area contributed by atoms with Crippen LogP contribution in [0.15, 0.2) is 41.5 Å². The number of amides is 2. The zero-order valence-corrected chi connectivity index (χ0v) is 18.5. The molecule has 0 aliphatic carbocycles. The van der Waals surface area contributed by atoms with E-state index in [4.69, 9.17) is 4.74 Å². The molecule has 2 aliphatic rings. The first-order valence-corrected chi connectivity index (χ1v) is 10.7. The molecule has 0 saturated carbocycles. The quantitative estimate of drug-likeness (QED) is 0.579. The van der Waals surface area contributed by atoms with Crippen molar-refractivity contribution in [3.63, 3.8) is 0 Å². The molecule has 3 aromatic rings. The molecule has 1 fully saturated rings. The lowest BCUT2D eigenvalue weighted by Crippen LogP contribution is -2.58. The number of benzene rings is 2. The number of nitrogens with zero attached hydrogens (tertiary/aromatic N) is 6. The number of halogens is 3. The summed E-state index contributed by atoms with van der Waals surface area (Å²) in [5, 5.41) is 9.60. The minimum Gasteiger partial charge on any atom is -0.484 e. The number of aryl methyl sites for hydroxylation is 2. The van der Waals surface area contributed by atoms with E-state index in [1.165, 1.54) is 34.3 Å². The van der Waals surface area contributed by atoms with Crippen LogP contribution in [0.3, 0.4) is 0 Å². The predicted molar refractivity (Wildman–Crippen MR) is 116 cm³/mol. The van der Waals surface area contributed by atoms with E-state index in [9.17, 15) is 18.0 Å². The molecule has 1 saturated heterocycles. The van der Waals surface area contributed by atoms with Crippen molar-refractivity contribution in [3.8, 4) is 11.4 Å². The van der Waals surface area contributed by atoms with E-state index < -0.39 is 35.6 Å². The molecule has 2 aromatic carbocycles. The molecule has 34 heavy (non-hydrogen) atoms. The fourth-order valence-electron chi connectivity index (χ4n) is 4.12. The van der Waals surface area contributed by atoms with Gasteiger partial charge in [0.15, 0.2) is 11.6 Å². The second kappa shape index (κ2) is 8.47. The molecule has 0 bridgehead atoms. The normalized spacial score (nSPS) is 17.9. The Bertz CT molecular complexity index is 1270. The molecular formula is C23H21F3N6O2. The summed E-state index contributed by atoms with van der Waals surface area (Å²) in [4.78, 5) is 18.7. The third-order valence-corrected chi connectivity index (χ3v) is 5.74. The lowest BCUT2D eigenvalue weighted by Gasteiger charge is -2.41. The van der Waals surface area contributed by atoms with Crippen molar-refractivity contribution in [1.82, 2.24) is 24.7 Å². The lowest BCUT2D eigenvalue weighted by molar-refractivity contribution is 0.0257. The maximum Gasteiger partial charge on any atom is 0.341 e. The fourth-order valence-corrected chi connectivity index (χ4v) is 4.12. The molecule has 8 nitrogen and oxygen atoms in total. The Labute approximate surface area is 193 Å². The summed E-state index contributed by atoms with van der Waals surface area (Å²) < 4.78 is 49.1. The number of likely N-dealkylation sites (tertiary alicyclic amines) is 1. The Balaban J connectivity index is 1.24. The average Bonchev–Trinajstić information content (AvgIpc) is 3.37. The van der Waals surface area contributed by atoms with E-state index in [1.54, 1.807) is 30.7 Å². The van der Waals surface area contributed by atoms with Crippen LogP contribution in [-0.2, 0) is 0 Å². The van der Waals surface area contributed by atoms with E-state index in [0.717, 1.165) is 6.07 Å². The van der Waals surface area contributed by atoms with Gasteiger partial charge in [0.1, 0.15) is 29.4 Å². The molecule has 1 aromatic heterocycles. The minimum atomic E-state index is -0.716. The van der Waals surface area contributed by atoms with Gasteiger partial charge in [0.2, 0.25) is 0 Å². The van der Waals surface area contributed by atoms with Crippen LogP contribution in [0, 0.1) is 31.3 Å². The molecule has 0 N–H and O–H groups in total. The van der Waals surface area contributed by atoms with Gasteiger partial charge < -0.3 is 9.64 Å². The van der Waals surface area contributed by atoms with Gasteiger partial charge in [-0.2, -0.15) is 10.2 Å². The number of urea groups is 1. The third-order valence-electron chi connectivity index (χ3n) is 5.74. The topological polar surface area (TPSA) is 75.8 Å². The van der Waals surface area contributed by atoms with Gasteiger partial charge in [-0.1, -0.05) is 0 Å². The van der Waals surface area contributed by atoms with E-state index in [2.05, 4.69) is 15.2 Å². The largest absolute Gasteiger partial charge is 0.484 e. The van der Waals surface area contributed by atoms with Gasteiger partial charge in [-0.3, -0.25) is 0 Å². The minimum absolute atomic E-state index is 0.0504. The molecule has 0 spiro atoms. The Morgan fingerprint density at radius 3 is 2.47 bits per heavy atom. The summed E-state index contributed by atoms with van der Waals surface area (Å²) in [5.41, 5.74) is 0.938. The molecular weight excluding hydrogens is 449 g/mol. The zero-order valence-electron chi connectivity index (χ0n) is 18.5. The number of carbonyl (C=O) groups excluding carboxylic acids is 1. The number of hydrogen-bond donors (Lipinski definition) is 0. The van der Waals surface area contributed by atoms with Crippen LogP contribution < -0.4 is 4.74 Å². The van der Waals surface area contributed by atoms with Crippen molar-refractivity contribution in [2.75, 3.05) is 13.1 Å². The molecule has 0 radical (unpaired) electrons. The van der Waals surface area contributed by atoms with Crippen LogP contribution in [0.5, 0.6) is 5.75 Å². The number of aromatic nitrogens is 3. The second-order valence-electron chi connectivity index (χ2n) is 8.26. The van der Waals surface area contributed by atoms with E-state index in [0.29, 0.717) is 29.3 Å². The van der Waals surface area contributed by atoms with Crippen LogP contribution in [0.25, 0.3) is 5.69 Å². The van der Waals surface area contributed by atoms with Gasteiger partial charge in [-0.25, -0.2) is 32.6 Å². The summed E-state index contributed by atoms with van der Waals surface area (Å²) in [6.45, 7) is 4.01. The highest BCUT2D eigenvalue weighted by Crippen LogP contribution is 2.32. The first-order chi connectivity index (χ1) is 16.3. The summed E-state index contributed by atoms with van der Waals surface area (Å²) in [7, 11) is 0. The van der Waals surface area contributed by atoms with Crippen LogP contribution in [0.4, 0.5) is 18.0 Å². The summed E-state index contributed by atoms with van der Waals surface area (Å²) in [5.74, 6) is -0.648. The van der Waals surface area contributed by atoms with Gasteiger partial charge in [0.05, 0.1) is 24.8 Å². The van der Waals surface area contributed by atoms with Crippen LogP contribution in [0.2, 0.25) is 0 Å². The Morgan fingerprint density at radius 1 is 1.06 bits per heavy atom. The number of rotatable bonds is 4. The van der Waals surface area contributed by atoms with Crippen molar-refractivity contribution in [1.29, 1.82) is 0 Å². The summed E-state index contributed by atoms with van der Waals surface area (Å²) >= 11 is 0. The Morgan fingerprint density at radius 2 is 1.79 bits per heavy atom. The monoisotopic (exact) mass is 470 g/mol. The highest BCUT2D eigenvalue weighted by molar-refractivity contribution is 5.79. The van der Waals surface area contributed by atoms with E-state index in [-0.39, 0.29) is 18.8 Å². The highest BCUT2D eigenvalue weighted by atomic mass is 19.1. The summed E-state index contributed by atoms with van der Waals surface area (Å²) in [6.07, 6.45) is 1.47. The SMILES string of the molecule is Cc1nc(C)n(-c2ccc(F)c(OC3CN(C(=O)N4N=CCC4c4cc(F)cc(F)c4)C3)c2)n1. The van der Waals surface area contributed by atoms with Crippen LogP contribution in [0.1, 0.15) is 29.7 Å². The molecule has 176 valence electrons. The fraction of sp³-hybridized carbons (Fsp3) is 0.304. The first kappa shape index (κ1) is 21.9. The lowest BCUT2D eigenvalue weighted by atomic mass is 10.0. The molecule has 5 rings (SSSR count). The maximum absolute atomic E-state index is 14.4. The Hall–Kier alpha value is -3.89. The van der Waals surface area contributed by atoms with Crippen molar-refractivity contribution >= 4 is 12.2 Å². The van der Waals surface area contributed by atoms with E-state index in [1.807, 2.05) is 0 Å². The van der Waals surface area contributed by atoms with Crippen molar-refractivity contribution in [3.05, 3.63) is 71.1 Å². The molecule has 2 amide bonds. The average molecular weight is 470 g/mol. The van der Waals surface area contributed by atoms with Crippen LogP contribution in [-0.4, -0.2) is 56.1 Å².